The maximum Gasteiger partial charge on any atom is 0.318 e. The van der Waals surface area contributed by atoms with Crippen LogP contribution in [0.2, 0.25) is 0 Å². The van der Waals surface area contributed by atoms with Gasteiger partial charge in [-0.05, 0) is 27.7 Å². The van der Waals surface area contributed by atoms with Gasteiger partial charge in [0.25, 0.3) is 0 Å². The number of carbonyl (C=O) groups is 2. The quantitative estimate of drug-likeness (QED) is 0.738. The first-order valence-electron chi connectivity index (χ1n) is 6.03. The van der Waals surface area contributed by atoms with Gasteiger partial charge in [0.1, 0.15) is 5.41 Å². The molecule has 0 atom stereocenters. The summed E-state index contributed by atoms with van der Waals surface area (Å²) in [5.41, 5.74) is -1.32. The van der Waals surface area contributed by atoms with E-state index in [2.05, 4.69) is 18.7 Å². The third-order valence-electron chi connectivity index (χ3n) is 3.40. The molecular weight excluding hydrogens is 220 g/mol. The van der Waals surface area contributed by atoms with Crippen LogP contribution < -0.4 is 0 Å². The van der Waals surface area contributed by atoms with Gasteiger partial charge in [-0.25, -0.2) is 0 Å². The number of carboxylic acids is 1. The van der Waals surface area contributed by atoms with Crippen LogP contribution in [-0.2, 0) is 9.59 Å². The zero-order valence-electron chi connectivity index (χ0n) is 11.1. The third kappa shape index (κ3) is 2.97. The molecule has 0 aromatic carbocycles. The fraction of sp³-hybridized carbons (Fsp3) is 0.833. The lowest BCUT2D eigenvalue weighted by Gasteiger charge is -2.39. The molecule has 1 amide bonds. The van der Waals surface area contributed by atoms with Crippen LogP contribution in [-0.4, -0.2) is 59.0 Å². The Kier molecular flexibility index (Phi) is 4.14. The van der Waals surface area contributed by atoms with E-state index in [1.807, 2.05) is 0 Å². The molecule has 1 N–H and O–H groups in total. The molecule has 0 aromatic heterocycles. The van der Waals surface area contributed by atoms with Gasteiger partial charge >= 0.3 is 5.97 Å². The highest BCUT2D eigenvalue weighted by molar-refractivity contribution is 6.01. The minimum absolute atomic E-state index is 0.284. The molecule has 0 aromatic rings. The monoisotopic (exact) mass is 242 g/mol. The topological polar surface area (TPSA) is 60.9 Å². The molecule has 17 heavy (non-hydrogen) atoms. The number of amides is 1. The Labute approximate surface area is 102 Å². The summed E-state index contributed by atoms with van der Waals surface area (Å²) in [5, 5.41) is 9.02. The molecule has 1 saturated heterocycles. The van der Waals surface area contributed by atoms with Crippen LogP contribution in [0, 0.1) is 5.41 Å². The van der Waals surface area contributed by atoms with E-state index >= 15 is 0 Å². The lowest BCUT2D eigenvalue weighted by atomic mass is 9.91. The van der Waals surface area contributed by atoms with Gasteiger partial charge in [-0.3, -0.25) is 14.5 Å². The summed E-state index contributed by atoms with van der Waals surface area (Å²) >= 11 is 0. The molecule has 0 saturated carbocycles. The molecule has 0 unspecified atom stereocenters. The van der Waals surface area contributed by atoms with Gasteiger partial charge in [0, 0.05) is 32.2 Å². The second-order valence-electron chi connectivity index (χ2n) is 5.35. The lowest BCUT2D eigenvalue weighted by molar-refractivity contribution is -0.159. The van der Waals surface area contributed by atoms with E-state index in [0.29, 0.717) is 19.1 Å². The molecule has 1 aliphatic heterocycles. The molecule has 0 spiro atoms. The van der Waals surface area contributed by atoms with Crippen molar-refractivity contribution in [3.05, 3.63) is 0 Å². The van der Waals surface area contributed by atoms with Gasteiger partial charge in [0.15, 0.2) is 0 Å². The summed E-state index contributed by atoms with van der Waals surface area (Å²) in [7, 11) is 0. The summed E-state index contributed by atoms with van der Waals surface area (Å²) in [5.74, 6) is -1.35. The zero-order valence-corrected chi connectivity index (χ0v) is 11.1. The fourth-order valence-corrected chi connectivity index (χ4v) is 1.93. The summed E-state index contributed by atoms with van der Waals surface area (Å²) < 4.78 is 0. The normalized spacial score (nSPS) is 18.5. The second kappa shape index (κ2) is 5.04. The Balaban J connectivity index is 2.60. The van der Waals surface area contributed by atoms with E-state index < -0.39 is 11.4 Å². The summed E-state index contributed by atoms with van der Waals surface area (Å²) in [6, 6.07) is 0.472. The Morgan fingerprint density at radius 3 is 1.94 bits per heavy atom. The van der Waals surface area contributed by atoms with Gasteiger partial charge in [-0.1, -0.05) is 0 Å². The predicted molar refractivity (Wildman–Crippen MR) is 64.7 cm³/mol. The van der Waals surface area contributed by atoms with Crippen LogP contribution in [0.25, 0.3) is 0 Å². The Morgan fingerprint density at radius 1 is 1.12 bits per heavy atom. The summed E-state index contributed by atoms with van der Waals surface area (Å²) in [6.45, 7) is 10.1. The van der Waals surface area contributed by atoms with Crippen molar-refractivity contribution in [2.45, 2.75) is 33.7 Å². The number of rotatable bonds is 3. The standard InChI is InChI=1S/C12H22N2O3/c1-9(2)13-5-7-14(8-6-13)10(15)12(3,4)11(16)17/h9H,5-8H2,1-4H3,(H,16,17). The first kappa shape index (κ1) is 14.0. The first-order valence-corrected chi connectivity index (χ1v) is 6.03. The van der Waals surface area contributed by atoms with Crippen LogP contribution in [0.15, 0.2) is 0 Å². The molecule has 1 fully saturated rings. The molecule has 1 rings (SSSR count). The van der Waals surface area contributed by atoms with Gasteiger partial charge < -0.3 is 10.0 Å². The van der Waals surface area contributed by atoms with Crippen molar-refractivity contribution in [3.63, 3.8) is 0 Å². The molecule has 1 heterocycles. The Morgan fingerprint density at radius 2 is 1.59 bits per heavy atom. The van der Waals surface area contributed by atoms with E-state index in [1.54, 1.807) is 4.90 Å². The highest BCUT2D eigenvalue weighted by Crippen LogP contribution is 2.20. The van der Waals surface area contributed by atoms with Crippen LogP contribution >= 0.6 is 0 Å². The maximum atomic E-state index is 12.1. The number of nitrogens with zero attached hydrogens (tertiary/aromatic N) is 2. The second-order valence-corrected chi connectivity index (χ2v) is 5.35. The minimum Gasteiger partial charge on any atom is -0.480 e. The van der Waals surface area contributed by atoms with Crippen molar-refractivity contribution in [2.24, 2.45) is 5.41 Å². The van der Waals surface area contributed by atoms with E-state index in [-0.39, 0.29) is 5.91 Å². The van der Waals surface area contributed by atoms with Crippen molar-refractivity contribution in [1.29, 1.82) is 0 Å². The molecule has 0 bridgehead atoms. The number of piperazine rings is 1. The Bertz CT molecular complexity index is 305. The fourth-order valence-electron chi connectivity index (χ4n) is 1.93. The summed E-state index contributed by atoms with van der Waals surface area (Å²) in [6.07, 6.45) is 0. The molecule has 5 heteroatoms. The molecular formula is C12H22N2O3. The van der Waals surface area contributed by atoms with E-state index in [9.17, 15) is 9.59 Å². The van der Waals surface area contributed by atoms with Gasteiger partial charge in [0.05, 0.1) is 0 Å². The average Bonchev–Trinajstić information content (AvgIpc) is 2.27. The average molecular weight is 242 g/mol. The third-order valence-corrected chi connectivity index (χ3v) is 3.40. The molecule has 5 nitrogen and oxygen atoms in total. The van der Waals surface area contributed by atoms with E-state index in [4.69, 9.17) is 5.11 Å². The SMILES string of the molecule is CC(C)N1CCN(C(=O)C(C)(C)C(=O)O)CC1. The maximum absolute atomic E-state index is 12.1. The first-order chi connectivity index (χ1) is 7.76. The van der Waals surface area contributed by atoms with Crippen LogP contribution in [0.3, 0.4) is 0 Å². The smallest absolute Gasteiger partial charge is 0.318 e. The van der Waals surface area contributed by atoms with Crippen LogP contribution in [0.4, 0.5) is 0 Å². The minimum atomic E-state index is -1.32. The molecule has 1 aliphatic rings. The van der Waals surface area contributed by atoms with E-state index in [1.165, 1.54) is 13.8 Å². The predicted octanol–water partition coefficient (Wildman–Crippen LogP) is 0.650. The number of carbonyl (C=O) groups excluding carboxylic acids is 1. The van der Waals surface area contributed by atoms with Crippen LogP contribution in [0.1, 0.15) is 27.7 Å². The van der Waals surface area contributed by atoms with E-state index in [0.717, 1.165) is 13.1 Å². The van der Waals surface area contributed by atoms with Crippen molar-refractivity contribution < 1.29 is 14.7 Å². The number of carboxylic acid groups (broad SMARTS) is 1. The number of aliphatic carboxylic acids is 1. The number of hydrogen-bond acceptors (Lipinski definition) is 3. The molecule has 0 aliphatic carbocycles. The number of hydrogen-bond donors (Lipinski definition) is 1. The van der Waals surface area contributed by atoms with Crippen molar-refractivity contribution in [2.75, 3.05) is 26.2 Å². The molecule has 98 valence electrons. The highest BCUT2D eigenvalue weighted by Gasteiger charge is 2.40. The van der Waals surface area contributed by atoms with Crippen molar-refractivity contribution >= 4 is 11.9 Å². The van der Waals surface area contributed by atoms with Crippen molar-refractivity contribution in [3.8, 4) is 0 Å². The van der Waals surface area contributed by atoms with Crippen LogP contribution in [0.5, 0.6) is 0 Å². The Hall–Kier alpha value is -1.10. The van der Waals surface area contributed by atoms with Crippen molar-refractivity contribution in [1.82, 2.24) is 9.80 Å². The zero-order chi connectivity index (χ0) is 13.2. The van der Waals surface area contributed by atoms with Gasteiger partial charge in [-0.2, -0.15) is 0 Å². The summed E-state index contributed by atoms with van der Waals surface area (Å²) in [4.78, 5) is 27.0. The van der Waals surface area contributed by atoms with Gasteiger partial charge in [0.2, 0.25) is 5.91 Å². The highest BCUT2D eigenvalue weighted by atomic mass is 16.4. The van der Waals surface area contributed by atoms with Gasteiger partial charge in [-0.15, -0.1) is 0 Å². The lowest BCUT2D eigenvalue weighted by Crippen LogP contribution is -2.54. The molecule has 0 radical (unpaired) electrons. The largest absolute Gasteiger partial charge is 0.480 e.